The lowest BCUT2D eigenvalue weighted by atomic mass is 10.1. The molecule has 0 unspecified atom stereocenters. The summed E-state index contributed by atoms with van der Waals surface area (Å²) < 4.78 is 11.1. The number of rotatable bonds is 8. The summed E-state index contributed by atoms with van der Waals surface area (Å²) in [7, 11) is 0. The topological polar surface area (TPSA) is 114 Å². The van der Waals surface area contributed by atoms with Crippen LogP contribution in [0.2, 0.25) is 0 Å². The Kier molecular flexibility index (Phi) is 7.86. The maximum atomic E-state index is 13.2. The summed E-state index contributed by atoms with van der Waals surface area (Å²) in [5.74, 6) is -1.11. The number of barbiturate groups is 1. The van der Waals surface area contributed by atoms with E-state index in [-0.39, 0.29) is 23.8 Å². The van der Waals surface area contributed by atoms with Crippen LogP contribution in [-0.4, -0.2) is 37.0 Å². The predicted octanol–water partition coefficient (Wildman–Crippen LogP) is 4.39. The summed E-state index contributed by atoms with van der Waals surface area (Å²) in [6, 6.07) is 17.8. The monoisotopic (exact) mass is 513 g/mol. The number of carbonyl (C=O) groups excluding carboxylic acids is 4. The Morgan fingerprint density at radius 1 is 0.947 bits per heavy atom. The lowest BCUT2D eigenvalue weighted by Crippen LogP contribution is -2.54. The Balaban J connectivity index is 1.52. The molecule has 0 spiro atoms. The number of amides is 5. The third-order valence-electron chi connectivity index (χ3n) is 5.88. The average Bonchev–Trinajstić information content (AvgIpc) is 2.89. The molecule has 0 aromatic heterocycles. The van der Waals surface area contributed by atoms with E-state index >= 15 is 0 Å². The molecule has 1 fully saturated rings. The Bertz CT molecular complexity index is 1430. The van der Waals surface area contributed by atoms with Crippen molar-refractivity contribution >= 4 is 41.2 Å². The number of urea groups is 1. The van der Waals surface area contributed by atoms with Gasteiger partial charge in [0.2, 0.25) is 0 Å². The predicted molar refractivity (Wildman–Crippen MR) is 143 cm³/mol. The van der Waals surface area contributed by atoms with Gasteiger partial charge in [-0.1, -0.05) is 24.3 Å². The first-order valence-corrected chi connectivity index (χ1v) is 12.0. The van der Waals surface area contributed by atoms with Crippen molar-refractivity contribution in [3.63, 3.8) is 0 Å². The third-order valence-corrected chi connectivity index (χ3v) is 5.88. The number of hydrogen-bond donors (Lipinski definition) is 2. The SMILES string of the molecule is CCOc1ccc(N2C(=O)NC(=O)/C(=C\c3ccccc3OCC(=O)Nc3ccc(C)c(C)c3)C2=O)cc1. The second kappa shape index (κ2) is 11.4. The van der Waals surface area contributed by atoms with Gasteiger partial charge < -0.3 is 14.8 Å². The number of carbonyl (C=O) groups is 4. The number of nitrogens with one attached hydrogen (secondary N) is 2. The van der Waals surface area contributed by atoms with Crippen LogP contribution in [0.3, 0.4) is 0 Å². The van der Waals surface area contributed by atoms with Gasteiger partial charge >= 0.3 is 6.03 Å². The van der Waals surface area contributed by atoms with Crippen molar-refractivity contribution < 1.29 is 28.7 Å². The van der Waals surface area contributed by atoms with Crippen molar-refractivity contribution in [3.8, 4) is 11.5 Å². The van der Waals surface area contributed by atoms with Crippen LogP contribution in [0, 0.1) is 13.8 Å². The summed E-state index contributed by atoms with van der Waals surface area (Å²) in [6.45, 7) is 5.97. The van der Waals surface area contributed by atoms with E-state index in [0.717, 1.165) is 16.0 Å². The fourth-order valence-corrected chi connectivity index (χ4v) is 3.80. The Morgan fingerprint density at radius 3 is 2.39 bits per heavy atom. The summed E-state index contributed by atoms with van der Waals surface area (Å²) in [4.78, 5) is 51.7. The number of benzene rings is 3. The van der Waals surface area contributed by atoms with Crippen molar-refractivity contribution in [2.24, 2.45) is 0 Å². The van der Waals surface area contributed by atoms with Gasteiger partial charge in [-0.3, -0.25) is 19.7 Å². The summed E-state index contributed by atoms with van der Waals surface area (Å²) in [6.07, 6.45) is 1.34. The maximum Gasteiger partial charge on any atom is 0.335 e. The van der Waals surface area contributed by atoms with Crippen molar-refractivity contribution in [2.45, 2.75) is 20.8 Å². The highest BCUT2D eigenvalue weighted by Gasteiger charge is 2.37. The smallest absolute Gasteiger partial charge is 0.335 e. The molecule has 0 atom stereocenters. The van der Waals surface area contributed by atoms with E-state index in [1.165, 1.54) is 6.08 Å². The summed E-state index contributed by atoms with van der Waals surface area (Å²) in [5.41, 5.74) is 3.24. The summed E-state index contributed by atoms with van der Waals surface area (Å²) in [5, 5.41) is 4.98. The van der Waals surface area contributed by atoms with Crippen molar-refractivity contribution in [3.05, 3.63) is 89.0 Å². The zero-order valence-electron chi connectivity index (χ0n) is 21.2. The quantitative estimate of drug-likeness (QED) is 0.341. The van der Waals surface area contributed by atoms with Crippen molar-refractivity contribution in [1.82, 2.24) is 5.32 Å². The first kappa shape index (κ1) is 26.2. The maximum absolute atomic E-state index is 13.2. The molecule has 3 aromatic carbocycles. The molecular weight excluding hydrogens is 486 g/mol. The Hall–Kier alpha value is -4.92. The van der Waals surface area contributed by atoms with Gasteiger partial charge in [-0.15, -0.1) is 0 Å². The van der Waals surface area contributed by atoms with E-state index in [0.29, 0.717) is 29.4 Å². The molecule has 0 aliphatic carbocycles. The van der Waals surface area contributed by atoms with E-state index in [9.17, 15) is 19.2 Å². The van der Waals surface area contributed by atoms with Gasteiger partial charge in [0, 0.05) is 11.3 Å². The van der Waals surface area contributed by atoms with Crippen molar-refractivity contribution in [1.29, 1.82) is 0 Å². The third kappa shape index (κ3) is 5.89. The van der Waals surface area contributed by atoms with Crippen LogP contribution in [0.5, 0.6) is 11.5 Å². The van der Waals surface area contributed by atoms with Crippen LogP contribution in [0.1, 0.15) is 23.6 Å². The number of anilines is 2. The van der Waals surface area contributed by atoms with Gasteiger partial charge in [0.05, 0.1) is 12.3 Å². The zero-order chi connectivity index (χ0) is 27.2. The van der Waals surface area contributed by atoms with Crippen LogP contribution in [-0.2, 0) is 14.4 Å². The van der Waals surface area contributed by atoms with E-state index in [4.69, 9.17) is 9.47 Å². The largest absolute Gasteiger partial charge is 0.494 e. The molecule has 194 valence electrons. The molecule has 9 heteroatoms. The minimum atomic E-state index is -0.853. The minimum Gasteiger partial charge on any atom is -0.494 e. The number of nitrogens with zero attached hydrogens (tertiary/aromatic N) is 1. The molecule has 9 nitrogen and oxygen atoms in total. The fraction of sp³-hybridized carbons (Fsp3) is 0.172. The van der Waals surface area contributed by atoms with Gasteiger partial charge in [0.25, 0.3) is 17.7 Å². The molecule has 3 aromatic rings. The molecule has 38 heavy (non-hydrogen) atoms. The molecule has 5 amide bonds. The van der Waals surface area contributed by atoms with Crippen LogP contribution < -0.4 is 25.0 Å². The average molecular weight is 514 g/mol. The van der Waals surface area contributed by atoms with Crippen LogP contribution in [0.25, 0.3) is 6.08 Å². The second-order valence-electron chi connectivity index (χ2n) is 8.56. The second-order valence-corrected chi connectivity index (χ2v) is 8.56. The highest BCUT2D eigenvalue weighted by molar-refractivity contribution is 6.39. The van der Waals surface area contributed by atoms with Crippen LogP contribution in [0.15, 0.2) is 72.3 Å². The normalized spacial score (nSPS) is 14.3. The zero-order valence-corrected chi connectivity index (χ0v) is 21.2. The van der Waals surface area contributed by atoms with Gasteiger partial charge in [-0.25, -0.2) is 9.69 Å². The van der Waals surface area contributed by atoms with E-state index in [2.05, 4.69) is 10.6 Å². The number of ether oxygens (including phenoxy) is 2. The van der Waals surface area contributed by atoms with Gasteiger partial charge in [0.15, 0.2) is 6.61 Å². The molecular formula is C29H27N3O6. The van der Waals surface area contributed by atoms with Gasteiger partial charge in [0.1, 0.15) is 17.1 Å². The standard InChI is InChI=1S/C29H27N3O6/c1-4-37-23-13-11-22(12-14-23)32-28(35)24(27(34)31-29(32)36)16-20-7-5-6-8-25(20)38-17-26(33)30-21-10-9-18(2)19(3)15-21/h5-16H,4,17H2,1-3H3,(H,30,33)(H,31,34,36)/b24-16+. The molecule has 0 saturated carbocycles. The first-order chi connectivity index (χ1) is 18.3. The number of hydrogen-bond acceptors (Lipinski definition) is 6. The molecule has 1 aliphatic rings. The lowest BCUT2D eigenvalue weighted by Gasteiger charge is -2.26. The van der Waals surface area contributed by atoms with Crippen LogP contribution in [0.4, 0.5) is 16.2 Å². The van der Waals surface area contributed by atoms with E-state index < -0.39 is 17.8 Å². The van der Waals surface area contributed by atoms with Crippen molar-refractivity contribution in [2.75, 3.05) is 23.4 Å². The molecule has 1 saturated heterocycles. The fourth-order valence-electron chi connectivity index (χ4n) is 3.80. The number of para-hydroxylation sites is 1. The number of aryl methyl sites for hydroxylation is 2. The van der Waals surface area contributed by atoms with E-state index in [1.54, 1.807) is 48.5 Å². The van der Waals surface area contributed by atoms with Crippen LogP contribution >= 0.6 is 0 Å². The first-order valence-electron chi connectivity index (χ1n) is 12.0. The molecule has 0 bridgehead atoms. The minimum absolute atomic E-state index is 0.255. The molecule has 4 rings (SSSR count). The molecule has 1 aliphatic heterocycles. The number of imide groups is 2. The molecule has 2 N–H and O–H groups in total. The highest BCUT2D eigenvalue weighted by atomic mass is 16.5. The molecule has 1 heterocycles. The highest BCUT2D eigenvalue weighted by Crippen LogP contribution is 2.27. The Morgan fingerprint density at radius 2 is 1.68 bits per heavy atom. The Labute approximate surface area is 220 Å². The van der Waals surface area contributed by atoms with E-state index in [1.807, 2.05) is 39.0 Å². The lowest BCUT2D eigenvalue weighted by molar-refractivity contribution is -0.122. The van der Waals surface area contributed by atoms with Gasteiger partial charge in [-0.05, 0) is 80.4 Å². The summed E-state index contributed by atoms with van der Waals surface area (Å²) >= 11 is 0. The van der Waals surface area contributed by atoms with Gasteiger partial charge in [-0.2, -0.15) is 0 Å². The molecule has 0 radical (unpaired) electrons.